The number of nitrogens with two attached hydrogens (primary N) is 1. The molecule has 3 N–H and O–H groups in total. The maximum absolute atomic E-state index is 12.5. The van der Waals surface area contributed by atoms with Crippen molar-refractivity contribution in [3.8, 4) is 0 Å². The van der Waals surface area contributed by atoms with Crippen molar-refractivity contribution in [2.24, 2.45) is 5.73 Å². The molecule has 0 saturated heterocycles. The van der Waals surface area contributed by atoms with Gasteiger partial charge in [0.15, 0.2) is 0 Å². The molecule has 0 saturated carbocycles. The van der Waals surface area contributed by atoms with Crippen molar-refractivity contribution in [3.63, 3.8) is 0 Å². The van der Waals surface area contributed by atoms with E-state index < -0.39 is 17.8 Å². The lowest BCUT2D eigenvalue weighted by atomic mass is 10.0. The molecule has 2 nitrogen and oxygen atoms in total. The van der Waals surface area contributed by atoms with Gasteiger partial charge in [0.2, 0.25) is 0 Å². The molecule has 1 aromatic carbocycles. The molecule has 1 atom stereocenters. The van der Waals surface area contributed by atoms with Gasteiger partial charge in [-0.2, -0.15) is 13.2 Å². The summed E-state index contributed by atoms with van der Waals surface area (Å²) in [6.45, 7) is 1.28. The number of aliphatic hydroxyl groups is 1. The highest BCUT2D eigenvalue weighted by molar-refractivity contribution is 5.34. The fraction of sp³-hybridized carbons (Fsp3) is 0.400. The van der Waals surface area contributed by atoms with Crippen molar-refractivity contribution in [1.29, 1.82) is 0 Å². The second-order valence-electron chi connectivity index (χ2n) is 3.32. The van der Waals surface area contributed by atoms with Crippen molar-refractivity contribution < 1.29 is 18.3 Å². The van der Waals surface area contributed by atoms with Crippen LogP contribution >= 0.6 is 0 Å². The first-order valence-corrected chi connectivity index (χ1v) is 4.42. The Balaban J connectivity index is 3.17. The van der Waals surface area contributed by atoms with Crippen LogP contribution in [0.25, 0.3) is 0 Å². The molecule has 84 valence electrons. The highest BCUT2D eigenvalue weighted by Gasteiger charge is 2.32. The lowest BCUT2D eigenvalue weighted by molar-refractivity contribution is -0.138. The number of rotatable bonds is 2. The van der Waals surface area contributed by atoms with E-state index in [9.17, 15) is 18.3 Å². The Morgan fingerprint density at radius 2 is 2.00 bits per heavy atom. The number of aryl methyl sites for hydroxylation is 1. The van der Waals surface area contributed by atoms with Gasteiger partial charge in [-0.3, -0.25) is 0 Å². The number of aliphatic hydroxyl groups excluding tert-OH is 1. The molecule has 15 heavy (non-hydrogen) atoms. The zero-order valence-corrected chi connectivity index (χ0v) is 8.17. The van der Waals surface area contributed by atoms with E-state index in [1.165, 1.54) is 19.1 Å². The minimum atomic E-state index is -4.39. The Morgan fingerprint density at radius 1 is 1.40 bits per heavy atom. The third-order valence-electron chi connectivity index (χ3n) is 2.18. The van der Waals surface area contributed by atoms with Crippen LogP contribution in [0.2, 0.25) is 0 Å². The summed E-state index contributed by atoms with van der Waals surface area (Å²) in [5.41, 5.74) is 4.77. The Labute approximate surface area is 85.5 Å². The monoisotopic (exact) mass is 219 g/mol. The van der Waals surface area contributed by atoms with E-state index >= 15 is 0 Å². The van der Waals surface area contributed by atoms with E-state index in [-0.39, 0.29) is 17.7 Å². The average Bonchev–Trinajstić information content (AvgIpc) is 2.15. The van der Waals surface area contributed by atoms with Crippen LogP contribution in [0.4, 0.5) is 13.2 Å². The van der Waals surface area contributed by atoms with Crippen LogP contribution in [0.3, 0.4) is 0 Å². The Morgan fingerprint density at radius 3 is 2.47 bits per heavy atom. The fourth-order valence-electron chi connectivity index (χ4n) is 1.29. The SMILES string of the molecule is Cc1ccc(C(O)CN)cc1C(F)(F)F. The fourth-order valence-corrected chi connectivity index (χ4v) is 1.29. The minimum absolute atomic E-state index is 0.0969. The highest BCUT2D eigenvalue weighted by Crippen LogP contribution is 2.33. The van der Waals surface area contributed by atoms with Crippen LogP contribution in [0, 0.1) is 6.92 Å². The van der Waals surface area contributed by atoms with Crippen LogP contribution in [-0.2, 0) is 6.18 Å². The first kappa shape index (κ1) is 12.0. The van der Waals surface area contributed by atoms with Gasteiger partial charge in [0.05, 0.1) is 11.7 Å². The molecule has 1 unspecified atom stereocenters. The van der Waals surface area contributed by atoms with Crippen molar-refractivity contribution in [2.45, 2.75) is 19.2 Å². The maximum atomic E-state index is 12.5. The number of alkyl halides is 3. The lowest BCUT2D eigenvalue weighted by Crippen LogP contribution is -2.14. The molecular weight excluding hydrogens is 207 g/mol. The van der Waals surface area contributed by atoms with Gasteiger partial charge in [-0.05, 0) is 24.1 Å². The molecule has 0 bridgehead atoms. The van der Waals surface area contributed by atoms with E-state index in [1.54, 1.807) is 0 Å². The summed E-state index contributed by atoms with van der Waals surface area (Å²) in [6.07, 6.45) is -5.44. The number of hydrogen-bond acceptors (Lipinski definition) is 2. The van der Waals surface area contributed by atoms with Crippen LogP contribution in [0.1, 0.15) is 22.8 Å². The molecule has 1 rings (SSSR count). The Hall–Kier alpha value is -1.07. The quantitative estimate of drug-likeness (QED) is 0.799. The Kier molecular flexibility index (Phi) is 3.36. The maximum Gasteiger partial charge on any atom is 0.416 e. The zero-order chi connectivity index (χ0) is 11.6. The van der Waals surface area contributed by atoms with E-state index in [0.29, 0.717) is 0 Å². The van der Waals surface area contributed by atoms with Crippen LogP contribution < -0.4 is 5.73 Å². The third kappa shape index (κ3) is 2.70. The van der Waals surface area contributed by atoms with Crippen molar-refractivity contribution in [3.05, 3.63) is 34.9 Å². The van der Waals surface area contributed by atoms with Gasteiger partial charge in [0.25, 0.3) is 0 Å². The van der Waals surface area contributed by atoms with Gasteiger partial charge < -0.3 is 10.8 Å². The summed E-state index contributed by atoms with van der Waals surface area (Å²) in [5.74, 6) is 0. The smallest absolute Gasteiger partial charge is 0.387 e. The minimum Gasteiger partial charge on any atom is -0.387 e. The molecule has 0 spiro atoms. The van der Waals surface area contributed by atoms with Gasteiger partial charge in [0, 0.05) is 6.54 Å². The predicted molar refractivity (Wildman–Crippen MR) is 50.2 cm³/mol. The summed E-state index contributed by atoms with van der Waals surface area (Å²) in [6, 6.07) is 3.71. The van der Waals surface area contributed by atoms with Crippen LogP contribution in [-0.4, -0.2) is 11.7 Å². The normalized spacial score (nSPS) is 14.0. The van der Waals surface area contributed by atoms with Crippen LogP contribution in [0.5, 0.6) is 0 Å². The van der Waals surface area contributed by atoms with Crippen LogP contribution in [0.15, 0.2) is 18.2 Å². The predicted octanol–water partition coefficient (Wildman–Crippen LogP) is 2.01. The summed E-state index contributed by atoms with van der Waals surface area (Å²) >= 11 is 0. The van der Waals surface area contributed by atoms with Gasteiger partial charge >= 0.3 is 6.18 Å². The molecular formula is C10H12F3NO. The molecule has 5 heteroatoms. The summed E-state index contributed by atoms with van der Waals surface area (Å²) < 4.78 is 37.4. The molecule has 0 aromatic heterocycles. The van der Waals surface area contributed by atoms with Crippen molar-refractivity contribution >= 4 is 0 Å². The Bertz CT molecular complexity index is 349. The molecule has 0 heterocycles. The van der Waals surface area contributed by atoms with Gasteiger partial charge in [-0.15, -0.1) is 0 Å². The number of benzene rings is 1. The topological polar surface area (TPSA) is 46.2 Å². The van der Waals surface area contributed by atoms with Gasteiger partial charge in [0.1, 0.15) is 0 Å². The van der Waals surface area contributed by atoms with E-state index in [2.05, 4.69) is 0 Å². The van der Waals surface area contributed by atoms with E-state index in [4.69, 9.17) is 5.73 Å². The lowest BCUT2D eigenvalue weighted by Gasteiger charge is -2.14. The van der Waals surface area contributed by atoms with Crippen molar-refractivity contribution in [1.82, 2.24) is 0 Å². The number of hydrogen-bond donors (Lipinski definition) is 2. The molecule has 0 amide bonds. The molecule has 0 fully saturated rings. The summed E-state index contributed by atoms with van der Waals surface area (Å²) in [4.78, 5) is 0. The van der Waals surface area contributed by atoms with E-state index in [1.807, 2.05) is 0 Å². The first-order valence-electron chi connectivity index (χ1n) is 4.42. The standard InChI is InChI=1S/C10H12F3NO/c1-6-2-3-7(9(15)5-14)4-8(6)10(11,12)13/h2-4,9,15H,5,14H2,1H3. The highest BCUT2D eigenvalue weighted by atomic mass is 19.4. The molecule has 0 aliphatic rings. The third-order valence-corrected chi connectivity index (χ3v) is 2.18. The zero-order valence-electron chi connectivity index (χ0n) is 8.17. The largest absolute Gasteiger partial charge is 0.416 e. The number of halogens is 3. The molecule has 0 aliphatic heterocycles. The summed E-state index contributed by atoms with van der Waals surface area (Å²) in [7, 11) is 0. The second kappa shape index (κ2) is 4.20. The molecule has 0 aliphatic carbocycles. The first-order chi connectivity index (χ1) is 6.86. The van der Waals surface area contributed by atoms with Crippen molar-refractivity contribution in [2.75, 3.05) is 6.54 Å². The van der Waals surface area contributed by atoms with Gasteiger partial charge in [-0.25, -0.2) is 0 Å². The van der Waals surface area contributed by atoms with Gasteiger partial charge in [-0.1, -0.05) is 12.1 Å². The molecule has 1 aromatic rings. The summed E-state index contributed by atoms with van der Waals surface area (Å²) in [5, 5.41) is 9.32. The van der Waals surface area contributed by atoms with E-state index in [0.717, 1.165) is 6.07 Å². The average molecular weight is 219 g/mol. The molecule has 0 radical (unpaired) electrons. The second-order valence-corrected chi connectivity index (χ2v) is 3.32.